The zero-order chi connectivity index (χ0) is 15.8. The van der Waals surface area contributed by atoms with E-state index in [-0.39, 0.29) is 13.0 Å². The Morgan fingerprint density at radius 2 is 2.00 bits per heavy atom. The molecule has 2 rings (SSSR count). The van der Waals surface area contributed by atoms with Crippen LogP contribution in [0.15, 0.2) is 22.7 Å². The van der Waals surface area contributed by atoms with Crippen molar-refractivity contribution in [2.45, 2.75) is 45.4 Å². The van der Waals surface area contributed by atoms with Crippen molar-refractivity contribution in [3.05, 3.63) is 33.8 Å². The van der Waals surface area contributed by atoms with E-state index in [0.29, 0.717) is 0 Å². The number of carbonyl (C=O) groups excluding carboxylic acids is 1. The molecule has 1 aliphatic rings. The molecule has 0 aromatic heterocycles. The minimum Gasteiger partial charge on any atom is -0.480 e. The standard InChI is InChI=1S/C15H18BrNO4/c1-15(2,3)21-14(20)17-8-9-4-5-11(16)6-10(9)7-12(17)13(18)19/h4-6,12H,7-8H2,1-3H3,(H,18,19). The van der Waals surface area contributed by atoms with Gasteiger partial charge in [0, 0.05) is 10.9 Å². The fourth-order valence-electron chi connectivity index (χ4n) is 2.28. The van der Waals surface area contributed by atoms with E-state index >= 15 is 0 Å². The summed E-state index contributed by atoms with van der Waals surface area (Å²) in [5.41, 5.74) is 1.23. The zero-order valence-corrected chi connectivity index (χ0v) is 13.8. The molecule has 21 heavy (non-hydrogen) atoms. The molecule has 1 aromatic rings. The molecule has 1 heterocycles. The molecule has 5 nitrogen and oxygen atoms in total. The quantitative estimate of drug-likeness (QED) is 0.839. The minimum absolute atomic E-state index is 0.245. The normalized spacial score (nSPS) is 18.1. The van der Waals surface area contributed by atoms with Crippen LogP contribution in [0.5, 0.6) is 0 Å². The van der Waals surface area contributed by atoms with Crippen LogP contribution in [0.1, 0.15) is 31.9 Å². The van der Waals surface area contributed by atoms with Crippen molar-refractivity contribution < 1.29 is 19.4 Å². The monoisotopic (exact) mass is 355 g/mol. The molecule has 0 aliphatic carbocycles. The van der Waals surface area contributed by atoms with Crippen LogP contribution < -0.4 is 0 Å². The van der Waals surface area contributed by atoms with Crippen LogP contribution >= 0.6 is 15.9 Å². The van der Waals surface area contributed by atoms with Crippen LogP contribution in [0.2, 0.25) is 0 Å². The molecule has 114 valence electrons. The van der Waals surface area contributed by atoms with Crippen molar-refractivity contribution in [3.8, 4) is 0 Å². The lowest BCUT2D eigenvalue weighted by atomic mass is 9.94. The molecule has 0 spiro atoms. The predicted molar refractivity (Wildman–Crippen MR) is 81.0 cm³/mol. The number of nitrogens with zero attached hydrogens (tertiary/aromatic N) is 1. The Balaban J connectivity index is 2.30. The van der Waals surface area contributed by atoms with Gasteiger partial charge < -0.3 is 9.84 Å². The number of hydrogen-bond donors (Lipinski definition) is 1. The Labute approximate surface area is 132 Å². The number of halogens is 1. The maximum absolute atomic E-state index is 12.2. The SMILES string of the molecule is CC(C)(C)OC(=O)N1Cc2ccc(Br)cc2CC1C(=O)O. The summed E-state index contributed by atoms with van der Waals surface area (Å²) in [6, 6.07) is 4.78. The summed E-state index contributed by atoms with van der Waals surface area (Å²) >= 11 is 3.38. The first kappa shape index (κ1) is 15.8. The van der Waals surface area contributed by atoms with Crippen LogP contribution in [0.4, 0.5) is 4.79 Å². The highest BCUT2D eigenvalue weighted by atomic mass is 79.9. The second-order valence-electron chi connectivity index (χ2n) is 6.08. The van der Waals surface area contributed by atoms with E-state index in [4.69, 9.17) is 4.74 Å². The van der Waals surface area contributed by atoms with Crippen molar-refractivity contribution >= 4 is 28.0 Å². The van der Waals surface area contributed by atoms with Crippen LogP contribution in [-0.2, 0) is 22.5 Å². The highest BCUT2D eigenvalue weighted by Gasteiger charge is 2.36. The molecule has 0 radical (unpaired) electrons. The van der Waals surface area contributed by atoms with Crippen molar-refractivity contribution in [2.24, 2.45) is 0 Å². The van der Waals surface area contributed by atoms with Crippen LogP contribution in [0.3, 0.4) is 0 Å². The summed E-state index contributed by atoms with van der Waals surface area (Å²) in [5, 5.41) is 9.39. The molecule has 0 fully saturated rings. The third-order valence-corrected chi connectivity index (χ3v) is 3.70. The van der Waals surface area contributed by atoms with E-state index in [1.807, 2.05) is 18.2 Å². The fourth-order valence-corrected chi connectivity index (χ4v) is 2.69. The molecular weight excluding hydrogens is 338 g/mol. The van der Waals surface area contributed by atoms with Gasteiger partial charge in [0.25, 0.3) is 0 Å². The van der Waals surface area contributed by atoms with Crippen molar-refractivity contribution in [1.82, 2.24) is 4.90 Å². The van der Waals surface area contributed by atoms with Gasteiger partial charge in [-0.1, -0.05) is 22.0 Å². The Kier molecular flexibility index (Phi) is 4.27. The van der Waals surface area contributed by atoms with Gasteiger partial charge in [0.2, 0.25) is 0 Å². The maximum atomic E-state index is 12.2. The van der Waals surface area contributed by atoms with Crippen LogP contribution in [0.25, 0.3) is 0 Å². The van der Waals surface area contributed by atoms with Gasteiger partial charge >= 0.3 is 12.1 Å². The number of amides is 1. The summed E-state index contributed by atoms with van der Waals surface area (Å²) in [4.78, 5) is 25.0. The van der Waals surface area contributed by atoms with Gasteiger partial charge in [-0.3, -0.25) is 4.90 Å². The van der Waals surface area contributed by atoms with Gasteiger partial charge in [0.05, 0.1) is 6.54 Å². The minimum atomic E-state index is -1.02. The van der Waals surface area contributed by atoms with Crippen molar-refractivity contribution in [3.63, 3.8) is 0 Å². The van der Waals surface area contributed by atoms with Gasteiger partial charge in [-0.15, -0.1) is 0 Å². The molecule has 0 bridgehead atoms. The molecule has 1 unspecified atom stereocenters. The number of hydrogen-bond acceptors (Lipinski definition) is 3. The average Bonchev–Trinajstić information content (AvgIpc) is 2.34. The summed E-state index contributed by atoms with van der Waals surface area (Å²) < 4.78 is 6.21. The number of carboxylic acids is 1. The Bertz CT molecular complexity index is 580. The third-order valence-electron chi connectivity index (χ3n) is 3.21. The van der Waals surface area contributed by atoms with Gasteiger partial charge in [-0.05, 0) is 44.0 Å². The number of fused-ring (bicyclic) bond motifs is 1. The molecule has 0 saturated heterocycles. The maximum Gasteiger partial charge on any atom is 0.411 e. The van der Waals surface area contributed by atoms with Gasteiger partial charge in [-0.25, -0.2) is 9.59 Å². The summed E-state index contributed by atoms with van der Waals surface area (Å²) in [5.74, 6) is -1.02. The van der Waals surface area contributed by atoms with Crippen LogP contribution in [0, 0.1) is 0 Å². The summed E-state index contributed by atoms with van der Waals surface area (Å²) in [6.07, 6.45) is -0.313. The molecular formula is C15H18BrNO4. The second kappa shape index (κ2) is 5.67. The summed E-state index contributed by atoms with van der Waals surface area (Å²) in [6.45, 7) is 5.52. The van der Waals surface area contributed by atoms with E-state index in [9.17, 15) is 14.7 Å². The number of benzene rings is 1. The lowest BCUT2D eigenvalue weighted by Gasteiger charge is -2.35. The number of carbonyl (C=O) groups is 2. The molecule has 1 N–H and O–H groups in total. The first-order chi connectivity index (χ1) is 9.67. The molecule has 0 saturated carbocycles. The Morgan fingerprint density at radius 3 is 2.57 bits per heavy atom. The highest BCUT2D eigenvalue weighted by molar-refractivity contribution is 9.10. The van der Waals surface area contributed by atoms with E-state index < -0.39 is 23.7 Å². The van der Waals surface area contributed by atoms with E-state index in [0.717, 1.165) is 15.6 Å². The topological polar surface area (TPSA) is 66.8 Å². The predicted octanol–water partition coefficient (Wildman–Crippen LogP) is 3.20. The molecule has 1 aliphatic heterocycles. The molecule has 6 heteroatoms. The van der Waals surface area contributed by atoms with Crippen LogP contribution in [-0.4, -0.2) is 33.7 Å². The molecule has 1 aromatic carbocycles. The number of rotatable bonds is 1. The molecule has 1 atom stereocenters. The number of aliphatic carboxylic acids is 1. The smallest absolute Gasteiger partial charge is 0.411 e. The average molecular weight is 356 g/mol. The zero-order valence-electron chi connectivity index (χ0n) is 12.2. The largest absolute Gasteiger partial charge is 0.480 e. The van der Waals surface area contributed by atoms with E-state index in [1.165, 1.54) is 4.90 Å². The van der Waals surface area contributed by atoms with Gasteiger partial charge in [0.1, 0.15) is 11.6 Å². The highest BCUT2D eigenvalue weighted by Crippen LogP contribution is 2.27. The molecule has 1 amide bonds. The lowest BCUT2D eigenvalue weighted by molar-refractivity contribution is -0.143. The van der Waals surface area contributed by atoms with Crippen molar-refractivity contribution in [1.29, 1.82) is 0 Å². The number of ether oxygens (including phenoxy) is 1. The van der Waals surface area contributed by atoms with Crippen molar-refractivity contribution in [2.75, 3.05) is 0 Å². The third kappa shape index (κ3) is 3.75. The fraction of sp³-hybridized carbons (Fsp3) is 0.467. The van der Waals surface area contributed by atoms with Gasteiger partial charge in [-0.2, -0.15) is 0 Å². The van der Waals surface area contributed by atoms with Gasteiger partial charge in [0.15, 0.2) is 0 Å². The Morgan fingerprint density at radius 1 is 1.33 bits per heavy atom. The first-order valence-corrected chi connectivity index (χ1v) is 7.46. The van der Waals surface area contributed by atoms with E-state index in [2.05, 4.69) is 15.9 Å². The number of carboxylic acid groups (broad SMARTS) is 1. The Hall–Kier alpha value is -1.56. The first-order valence-electron chi connectivity index (χ1n) is 6.67. The second-order valence-corrected chi connectivity index (χ2v) is 7.00. The summed E-state index contributed by atoms with van der Waals surface area (Å²) in [7, 11) is 0. The lowest BCUT2D eigenvalue weighted by Crippen LogP contribution is -2.50. The van der Waals surface area contributed by atoms with E-state index in [1.54, 1.807) is 20.8 Å².